The van der Waals surface area contributed by atoms with Crippen molar-refractivity contribution in [2.75, 3.05) is 13.2 Å². The van der Waals surface area contributed by atoms with E-state index in [0.717, 1.165) is 48.8 Å². The van der Waals surface area contributed by atoms with Gasteiger partial charge in [-0.05, 0) is 66.9 Å². The summed E-state index contributed by atoms with van der Waals surface area (Å²) in [6, 6.07) is 15.9. The molecule has 134 valence electrons. The molecule has 0 unspecified atom stereocenters. The smallest absolute Gasteiger partial charge is 0.119 e. The van der Waals surface area contributed by atoms with Crippen LogP contribution in [0.25, 0.3) is 0 Å². The zero-order valence-corrected chi connectivity index (χ0v) is 15.4. The number of nitrogens with zero attached hydrogens (tertiary/aromatic N) is 1. The Morgan fingerprint density at radius 1 is 0.720 bits per heavy atom. The summed E-state index contributed by atoms with van der Waals surface area (Å²) >= 11 is 0. The SMILES string of the molecule is CCCCCCOc1ccc(C=Nc2ccc(OCCC)cc2)cc1. The van der Waals surface area contributed by atoms with Gasteiger partial charge in [0.2, 0.25) is 0 Å². The second-order valence-electron chi connectivity index (χ2n) is 6.08. The van der Waals surface area contributed by atoms with Gasteiger partial charge in [-0.2, -0.15) is 0 Å². The number of hydrogen-bond donors (Lipinski definition) is 0. The highest BCUT2D eigenvalue weighted by atomic mass is 16.5. The molecular formula is C22H29NO2. The van der Waals surface area contributed by atoms with Crippen LogP contribution in [0.5, 0.6) is 11.5 Å². The molecule has 2 aromatic carbocycles. The third-order valence-corrected chi connectivity index (χ3v) is 3.82. The number of hydrogen-bond acceptors (Lipinski definition) is 3. The first-order valence-corrected chi connectivity index (χ1v) is 9.31. The molecule has 0 bridgehead atoms. The van der Waals surface area contributed by atoms with E-state index in [-0.39, 0.29) is 0 Å². The fourth-order valence-corrected chi connectivity index (χ4v) is 2.37. The van der Waals surface area contributed by atoms with E-state index >= 15 is 0 Å². The molecule has 0 radical (unpaired) electrons. The Morgan fingerprint density at radius 3 is 2.00 bits per heavy atom. The fourth-order valence-electron chi connectivity index (χ4n) is 2.37. The lowest BCUT2D eigenvalue weighted by molar-refractivity contribution is 0.305. The van der Waals surface area contributed by atoms with Crippen molar-refractivity contribution in [2.45, 2.75) is 46.0 Å². The molecule has 3 nitrogen and oxygen atoms in total. The van der Waals surface area contributed by atoms with Crippen molar-refractivity contribution in [1.82, 2.24) is 0 Å². The molecule has 0 N–H and O–H groups in total. The number of benzene rings is 2. The van der Waals surface area contributed by atoms with Crippen molar-refractivity contribution in [3.63, 3.8) is 0 Å². The molecular weight excluding hydrogens is 310 g/mol. The number of unbranched alkanes of at least 4 members (excludes halogenated alkanes) is 3. The molecule has 0 saturated heterocycles. The third kappa shape index (κ3) is 7.42. The van der Waals surface area contributed by atoms with Crippen molar-refractivity contribution in [1.29, 1.82) is 0 Å². The summed E-state index contributed by atoms with van der Waals surface area (Å²) in [5.41, 5.74) is 1.98. The summed E-state index contributed by atoms with van der Waals surface area (Å²) < 4.78 is 11.3. The molecule has 0 aliphatic heterocycles. The van der Waals surface area contributed by atoms with Gasteiger partial charge in [-0.25, -0.2) is 0 Å². The molecule has 25 heavy (non-hydrogen) atoms. The van der Waals surface area contributed by atoms with Crippen molar-refractivity contribution < 1.29 is 9.47 Å². The van der Waals surface area contributed by atoms with Crippen LogP contribution in [-0.2, 0) is 0 Å². The predicted octanol–water partition coefficient (Wildman–Crippen LogP) is 6.19. The summed E-state index contributed by atoms with van der Waals surface area (Å²) in [6.45, 7) is 5.85. The predicted molar refractivity (Wildman–Crippen MR) is 106 cm³/mol. The van der Waals surface area contributed by atoms with Gasteiger partial charge in [0, 0.05) is 6.21 Å². The summed E-state index contributed by atoms with van der Waals surface area (Å²) in [6.07, 6.45) is 7.77. The largest absolute Gasteiger partial charge is 0.494 e. The Balaban J connectivity index is 1.80. The highest BCUT2D eigenvalue weighted by Gasteiger charge is 1.96. The van der Waals surface area contributed by atoms with E-state index in [4.69, 9.17) is 9.47 Å². The lowest BCUT2D eigenvalue weighted by Gasteiger charge is -2.06. The lowest BCUT2D eigenvalue weighted by atomic mass is 10.2. The Hall–Kier alpha value is -2.29. The maximum Gasteiger partial charge on any atom is 0.119 e. The highest BCUT2D eigenvalue weighted by Crippen LogP contribution is 2.19. The van der Waals surface area contributed by atoms with Crippen molar-refractivity contribution in [3.05, 3.63) is 54.1 Å². The summed E-state index contributed by atoms with van der Waals surface area (Å²) in [5.74, 6) is 1.81. The minimum Gasteiger partial charge on any atom is -0.494 e. The molecule has 0 amide bonds. The Bertz CT molecular complexity index is 617. The average molecular weight is 339 g/mol. The van der Waals surface area contributed by atoms with E-state index in [1.54, 1.807) is 0 Å². The van der Waals surface area contributed by atoms with Gasteiger partial charge in [-0.15, -0.1) is 0 Å². The van der Waals surface area contributed by atoms with Crippen LogP contribution in [-0.4, -0.2) is 19.4 Å². The molecule has 0 heterocycles. The van der Waals surface area contributed by atoms with Crippen LogP contribution in [0.4, 0.5) is 5.69 Å². The van der Waals surface area contributed by atoms with Crippen LogP contribution in [0.15, 0.2) is 53.5 Å². The molecule has 0 aliphatic carbocycles. The van der Waals surface area contributed by atoms with Gasteiger partial charge < -0.3 is 9.47 Å². The van der Waals surface area contributed by atoms with Crippen LogP contribution in [0.3, 0.4) is 0 Å². The molecule has 2 rings (SSSR count). The maximum atomic E-state index is 5.76. The van der Waals surface area contributed by atoms with Gasteiger partial charge in [0.1, 0.15) is 11.5 Å². The average Bonchev–Trinajstić information content (AvgIpc) is 2.66. The molecule has 0 aromatic heterocycles. The number of rotatable bonds is 11. The first-order valence-electron chi connectivity index (χ1n) is 9.31. The standard InChI is InChI=1S/C22H29NO2/c1-3-5-6-7-17-25-21-12-8-19(9-13-21)18-23-20-10-14-22(15-11-20)24-16-4-2/h8-15,18H,3-7,16-17H2,1-2H3. The molecule has 0 spiro atoms. The first-order chi connectivity index (χ1) is 12.3. The van der Waals surface area contributed by atoms with E-state index < -0.39 is 0 Å². The molecule has 0 atom stereocenters. The zero-order valence-electron chi connectivity index (χ0n) is 15.4. The van der Waals surface area contributed by atoms with E-state index in [0.29, 0.717) is 0 Å². The quantitative estimate of drug-likeness (QED) is 0.361. The third-order valence-electron chi connectivity index (χ3n) is 3.82. The maximum absolute atomic E-state index is 5.76. The minimum atomic E-state index is 0.746. The van der Waals surface area contributed by atoms with E-state index in [1.165, 1.54) is 19.3 Å². The van der Waals surface area contributed by atoms with E-state index in [2.05, 4.69) is 18.8 Å². The highest BCUT2D eigenvalue weighted by molar-refractivity contribution is 5.82. The molecule has 0 saturated carbocycles. The van der Waals surface area contributed by atoms with Crippen LogP contribution in [0.2, 0.25) is 0 Å². The van der Waals surface area contributed by atoms with Crippen LogP contribution in [0, 0.1) is 0 Å². The zero-order chi connectivity index (χ0) is 17.7. The molecule has 3 heteroatoms. The summed E-state index contributed by atoms with van der Waals surface area (Å²) in [5, 5.41) is 0. The number of aliphatic imine (C=N–C) groups is 1. The number of ether oxygens (including phenoxy) is 2. The van der Waals surface area contributed by atoms with Crippen LogP contribution in [0.1, 0.15) is 51.5 Å². The van der Waals surface area contributed by atoms with Crippen molar-refractivity contribution in [3.8, 4) is 11.5 Å². The van der Waals surface area contributed by atoms with Crippen LogP contribution < -0.4 is 9.47 Å². The summed E-state index contributed by atoms with van der Waals surface area (Å²) in [4.78, 5) is 4.50. The van der Waals surface area contributed by atoms with Gasteiger partial charge in [-0.1, -0.05) is 33.1 Å². The van der Waals surface area contributed by atoms with Gasteiger partial charge >= 0.3 is 0 Å². The van der Waals surface area contributed by atoms with Gasteiger partial charge in [0.15, 0.2) is 0 Å². The molecule has 2 aromatic rings. The summed E-state index contributed by atoms with van der Waals surface area (Å²) in [7, 11) is 0. The van der Waals surface area contributed by atoms with Gasteiger partial charge in [0.05, 0.1) is 18.9 Å². The first kappa shape index (κ1) is 19.0. The van der Waals surface area contributed by atoms with E-state index in [9.17, 15) is 0 Å². The fraction of sp³-hybridized carbons (Fsp3) is 0.409. The molecule has 0 fully saturated rings. The van der Waals surface area contributed by atoms with Gasteiger partial charge in [0.25, 0.3) is 0 Å². The second-order valence-corrected chi connectivity index (χ2v) is 6.08. The topological polar surface area (TPSA) is 30.8 Å². The molecule has 0 aliphatic rings. The normalized spacial score (nSPS) is 11.0. The van der Waals surface area contributed by atoms with Gasteiger partial charge in [-0.3, -0.25) is 4.99 Å². The van der Waals surface area contributed by atoms with E-state index in [1.807, 2.05) is 54.7 Å². The Labute approximate surface area is 151 Å². The minimum absolute atomic E-state index is 0.746. The lowest BCUT2D eigenvalue weighted by Crippen LogP contribution is -1.97. The second kappa shape index (κ2) is 11.3. The van der Waals surface area contributed by atoms with Crippen molar-refractivity contribution in [2.24, 2.45) is 4.99 Å². The van der Waals surface area contributed by atoms with Crippen LogP contribution >= 0.6 is 0 Å². The Kier molecular flexibility index (Phi) is 8.60. The monoisotopic (exact) mass is 339 g/mol. The Morgan fingerprint density at radius 2 is 1.36 bits per heavy atom. The van der Waals surface area contributed by atoms with Crippen molar-refractivity contribution >= 4 is 11.9 Å².